The largest absolute Gasteiger partial charge is 0.323 e. The number of aryl methyl sites for hydroxylation is 1. The van der Waals surface area contributed by atoms with Crippen molar-refractivity contribution < 1.29 is 0 Å². The minimum absolute atomic E-state index is 0.100. The zero-order valence-corrected chi connectivity index (χ0v) is 10.8. The van der Waals surface area contributed by atoms with Gasteiger partial charge in [0.2, 0.25) is 0 Å². The summed E-state index contributed by atoms with van der Waals surface area (Å²) in [5.41, 5.74) is 7.21. The molecule has 3 nitrogen and oxygen atoms in total. The second-order valence-corrected chi connectivity index (χ2v) is 4.67. The van der Waals surface area contributed by atoms with E-state index in [9.17, 15) is 0 Å². The van der Waals surface area contributed by atoms with Crippen LogP contribution in [0.2, 0.25) is 0 Å². The van der Waals surface area contributed by atoms with E-state index in [1.807, 2.05) is 24.0 Å². The monoisotopic (exact) mass is 223 g/mol. The molecule has 0 fully saturated rings. The highest BCUT2D eigenvalue weighted by molar-refractivity contribution is 5.04. The Bertz CT molecular complexity index is 293. The zero-order chi connectivity index (χ0) is 12.0. The molecule has 2 unspecified atom stereocenters. The molecule has 92 valence electrons. The molecule has 0 amide bonds. The molecule has 0 spiro atoms. The fourth-order valence-corrected chi connectivity index (χ4v) is 2.09. The third kappa shape index (κ3) is 3.97. The Kier molecular flexibility index (Phi) is 5.53. The molecule has 2 atom stereocenters. The lowest BCUT2D eigenvalue weighted by atomic mass is 9.91. The van der Waals surface area contributed by atoms with Crippen molar-refractivity contribution >= 4 is 0 Å². The molecule has 0 aliphatic carbocycles. The summed E-state index contributed by atoms with van der Waals surface area (Å²) in [5.74, 6) is 0.747. The highest BCUT2D eigenvalue weighted by Crippen LogP contribution is 2.23. The number of rotatable bonds is 7. The summed E-state index contributed by atoms with van der Waals surface area (Å²) in [5, 5.41) is 4.37. The van der Waals surface area contributed by atoms with E-state index in [-0.39, 0.29) is 6.04 Å². The van der Waals surface area contributed by atoms with Crippen molar-refractivity contribution in [1.82, 2.24) is 9.78 Å². The van der Waals surface area contributed by atoms with Crippen LogP contribution < -0.4 is 5.73 Å². The Balaban J connectivity index is 2.45. The van der Waals surface area contributed by atoms with E-state index >= 15 is 0 Å². The summed E-state index contributed by atoms with van der Waals surface area (Å²) in [6.07, 6.45) is 8.13. The van der Waals surface area contributed by atoms with Gasteiger partial charge in [0.25, 0.3) is 0 Å². The summed E-state index contributed by atoms with van der Waals surface area (Å²) >= 11 is 0. The van der Waals surface area contributed by atoms with Crippen molar-refractivity contribution in [2.45, 2.75) is 52.0 Å². The fraction of sp³-hybridized carbons (Fsp3) is 0.769. The summed E-state index contributed by atoms with van der Waals surface area (Å²) < 4.78 is 1.82. The molecule has 16 heavy (non-hydrogen) atoms. The van der Waals surface area contributed by atoms with Gasteiger partial charge in [0.1, 0.15) is 0 Å². The number of hydrogen-bond acceptors (Lipinski definition) is 2. The van der Waals surface area contributed by atoms with E-state index in [1.54, 1.807) is 0 Å². The Morgan fingerprint density at radius 1 is 1.44 bits per heavy atom. The van der Waals surface area contributed by atoms with Crippen LogP contribution in [0.25, 0.3) is 0 Å². The summed E-state index contributed by atoms with van der Waals surface area (Å²) in [6.45, 7) is 4.50. The van der Waals surface area contributed by atoms with Crippen molar-refractivity contribution in [3.8, 4) is 0 Å². The Hall–Kier alpha value is -0.830. The minimum Gasteiger partial charge on any atom is -0.323 e. The molecule has 0 aliphatic rings. The molecule has 1 aromatic heterocycles. The molecule has 0 aliphatic heterocycles. The van der Waals surface area contributed by atoms with Gasteiger partial charge >= 0.3 is 0 Å². The SMILES string of the molecule is CCCCC(CC)CC(N)c1ccn(C)n1. The summed E-state index contributed by atoms with van der Waals surface area (Å²) in [6, 6.07) is 2.13. The van der Waals surface area contributed by atoms with Gasteiger partial charge in [-0.25, -0.2) is 0 Å². The highest BCUT2D eigenvalue weighted by Gasteiger charge is 2.14. The molecule has 1 heterocycles. The standard InChI is InChI=1S/C13H25N3/c1-4-6-7-11(5-2)10-12(14)13-8-9-16(3)15-13/h8-9,11-12H,4-7,10,14H2,1-3H3. The molecule has 0 radical (unpaired) electrons. The Morgan fingerprint density at radius 2 is 2.19 bits per heavy atom. The molecule has 0 saturated heterocycles. The first-order valence-electron chi connectivity index (χ1n) is 6.42. The van der Waals surface area contributed by atoms with E-state index < -0.39 is 0 Å². The van der Waals surface area contributed by atoms with E-state index in [4.69, 9.17) is 5.73 Å². The average molecular weight is 223 g/mol. The van der Waals surface area contributed by atoms with Crippen molar-refractivity contribution in [2.24, 2.45) is 18.7 Å². The van der Waals surface area contributed by atoms with Crippen LogP contribution in [0.1, 0.15) is 57.7 Å². The third-order valence-electron chi connectivity index (χ3n) is 3.24. The molecular weight excluding hydrogens is 198 g/mol. The third-order valence-corrected chi connectivity index (χ3v) is 3.24. The van der Waals surface area contributed by atoms with Crippen LogP contribution >= 0.6 is 0 Å². The lowest BCUT2D eigenvalue weighted by molar-refractivity contribution is 0.384. The molecule has 0 aromatic carbocycles. The van der Waals surface area contributed by atoms with Gasteiger partial charge in [0.05, 0.1) is 5.69 Å². The van der Waals surface area contributed by atoms with Crippen LogP contribution in [0.3, 0.4) is 0 Å². The van der Waals surface area contributed by atoms with Crippen molar-refractivity contribution in [3.63, 3.8) is 0 Å². The van der Waals surface area contributed by atoms with Crippen molar-refractivity contribution in [1.29, 1.82) is 0 Å². The van der Waals surface area contributed by atoms with Crippen LogP contribution in [-0.2, 0) is 7.05 Å². The van der Waals surface area contributed by atoms with Gasteiger partial charge in [0.15, 0.2) is 0 Å². The first kappa shape index (κ1) is 13.2. The number of aromatic nitrogens is 2. The second kappa shape index (κ2) is 6.69. The maximum absolute atomic E-state index is 6.18. The van der Waals surface area contributed by atoms with Crippen LogP contribution in [0.15, 0.2) is 12.3 Å². The smallest absolute Gasteiger partial charge is 0.0791 e. The Morgan fingerprint density at radius 3 is 2.69 bits per heavy atom. The van der Waals surface area contributed by atoms with Gasteiger partial charge in [0, 0.05) is 19.3 Å². The Labute approximate surface area is 99.0 Å². The molecule has 0 bridgehead atoms. The fourth-order valence-electron chi connectivity index (χ4n) is 2.09. The second-order valence-electron chi connectivity index (χ2n) is 4.67. The molecule has 2 N–H and O–H groups in total. The maximum Gasteiger partial charge on any atom is 0.0791 e. The van der Waals surface area contributed by atoms with Crippen LogP contribution in [0.4, 0.5) is 0 Å². The number of unbranched alkanes of at least 4 members (excludes halogenated alkanes) is 1. The number of nitrogens with zero attached hydrogens (tertiary/aromatic N) is 2. The maximum atomic E-state index is 6.18. The van der Waals surface area contributed by atoms with Gasteiger partial charge in [-0.3, -0.25) is 4.68 Å². The van der Waals surface area contributed by atoms with Gasteiger partial charge in [-0.05, 0) is 18.4 Å². The van der Waals surface area contributed by atoms with Crippen LogP contribution in [-0.4, -0.2) is 9.78 Å². The number of nitrogens with two attached hydrogens (primary N) is 1. The van der Waals surface area contributed by atoms with Gasteiger partial charge in [-0.2, -0.15) is 5.10 Å². The summed E-state index contributed by atoms with van der Waals surface area (Å²) in [4.78, 5) is 0. The first-order valence-corrected chi connectivity index (χ1v) is 6.42. The zero-order valence-electron chi connectivity index (χ0n) is 10.8. The van der Waals surface area contributed by atoms with E-state index in [1.165, 1.54) is 25.7 Å². The van der Waals surface area contributed by atoms with Gasteiger partial charge in [-0.1, -0.05) is 39.5 Å². The summed E-state index contributed by atoms with van der Waals surface area (Å²) in [7, 11) is 1.94. The first-order chi connectivity index (χ1) is 7.67. The predicted octanol–water partition coefficient (Wildman–Crippen LogP) is 3.03. The van der Waals surface area contributed by atoms with Gasteiger partial charge < -0.3 is 5.73 Å². The lowest BCUT2D eigenvalue weighted by Crippen LogP contribution is -2.16. The highest BCUT2D eigenvalue weighted by atomic mass is 15.3. The van der Waals surface area contributed by atoms with Crippen LogP contribution in [0.5, 0.6) is 0 Å². The van der Waals surface area contributed by atoms with E-state index in [2.05, 4.69) is 18.9 Å². The average Bonchev–Trinajstić information content (AvgIpc) is 2.70. The minimum atomic E-state index is 0.100. The van der Waals surface area contributed by atoms with Crippen LogP contribution in [0, 0.1) is 5.92 Å². The van der Waals surface area contributed by atoms with E-state index in [0.717, 1.165) is 18.0 Å². The van der Waals surface area contributed by atoms with E-state index in [0.29, 0.717) is 0 Å². The normalized spacial score (nSPS) is 15.0. The van der Waals surface area contributed by atoms with Gasteiger partial charge in [-0.15, -0.1) is 0 Å². The topological polar surface area (TPSA) is 43.8 Å². The quantitative estimate of drug-likeness (QED) is 0.772. The molecule has 1 rings (SSSR count). The molecule has 3 heteroatoms. The molecule has 1 aromatic rings. The van der Waals surface area contributed by atoms with Crippen molar-refractivity contribution in [3.05, 3.63) is 18.0 Å². The molecule has 0 saturated carbocycles. The van der Waals surface area contributed by atoms with Crippen molar-refractivity contribution in [2.75, 3.05) is 0 Å². The predicted molar refractivity (Wildman–Crippen MR) is 68.1 cm³/mol. The number of hydrogen-bond donors (Lipinski definition) is 1. The lowest BCUT2D eigenvalue weighted by Gasteiger charge is -2.18. The molecular formula is C13H25N3.